The van der Waals surface area contributed by atoms with E-state index in [1.165, 1.54) is 19.3 Å². The first-order chi connectivity index (χ1) is 12.6. The van der Waals surface area contributed by atoms with Crippen molar-refractivity contribution in [3.63, 3.8) is 0 Å². The number of hydrogen-bond donors (Lipinski definition) is 3. The van der Waals surface area contributed by atoms with Crippen molar-refractivity contribution < 1.29 is 19.4 Å². The van der Waals surface area contributed by atoms with Crippen LogP contribution in [0.2, 0.25) is 0 Å². The molecule has 26 heavy (non-hydrogen) atoms. The van der Waals surface area contributed by atoms with Gasteiger partial charge < -0.3 is 20.9 Å². The van der Waals surface area contributed by atoms with E-state index in [-0.39, 0.29) is 19.6 Å². The summed E-state index contributed by atoms with van der Waals surface area (Å²) in [5.41, 5.74) is 6.90. The zero-order valence-corrected chi connectivity index (χ0v) is 15.2. The molecule has 0 saturated heterocycles. The molecule has 0 heterocycles. The molecule has 1 aromatic carbocycles. The summed E-state index contributed by atoms with van der Waals surface area (Å²) in [6.45, 7) is 0.335. The summed E-state index contributed by atoms with van der Waals surface area (Å²) in [6, 6.07) is 8.83. The molecule has 1 aliphatic carbocycles. The van der Waals surface area contributed by atoms with Crippen LogP contribution in [-0.4, -0.2) is 35.7 Å². The van der Waals surface area contributed by atoms with Gasteiger partial charge in [-0.05, 0) is 17.9 Å². The van der Waals surface area contributed by atoms with E-state index in [2.05, 4.69) is 5.32 Å². The standard InChI is InChI=1S/C20H30N2O4/c21-17(13-15-7-3-1-4-8-15)19(24)20(25)22-12-11-18(23)26-14-16-9-5-2-6-10-16/h2,5-6,9-10,15,17,19,24H,1,3-4,7-8,11-14,21H2,(H,22,25)/t17-,19?/m1/s1. The molecule has 1 amide bonds. The van der Waals surface area contributed by atoms with Crippen LogP contribution in [0.25, 0.3) is 0 Å². The van der Waals surface area contributed by atoms with Crippen molar-refractivity contribution in [1.29, 1.82) is 0 Å². The third-order valence-corrected chi connectivity index (χ3v) is 4.88. The van der Waals surface area contributed by atoms with Gasteiger partial charge in [-0.3, -0.25) is 9.59 Å². The number of aliphatic hydroxyl groups excluding tert-OH is 1. The predicted octanol–water partition coefficient (Wildman–Crippen LogP) is 1.89. The van der Waals surface area contributed by atoms with Gasteiger partial charge in [-0.2, -0.15) is 0 Å². The van der Waals surface area contributed by atoms with E-state index < -0.39 is 24.0 Å². The van der Waals surface area contributed by atoms with Crippen molar-refractivity contribution in [3.8, 4) is 0 Å². The molecule has 0 radical (unpaired) electrons. The zero-order valence-electron chi connectivity index (χ0n) is 15.2. The number of nitrogens with two attached hydrogens (primary N) is 1. The lowest BCUT2D eigenvalue weighted by Crippen LogP contribution is -2.47. The van der Waals surface area contributed by atoms with E-state index in [4.69, 9.17) is 10.5 Å². The van der Waals surface area contributed by atoms with E-state index in [0.29, 0.717) is 12.3 Å². The normalized spacial score (nSPS) is 17.3. The van der Waals surface area contributed by atoms with Gasteiger partial charge in [0.25, 0.3) is 0 Å². The van der Waals surface area contributed by atoms with Crippen LogP contribution in [0.3, 0.4) is 0 Å². The average molecular weight is 362 g/mol. The van der Waals surface area contributed by atoms with E-state index in [0.717, 1.165) is 18.4 Å². The molecule has 4 N–H and O–H groups in total. The number of rotatable bonds is 9. The van der Waals surface area contributed by atoms with Crippen LogP contribution in [0.5, 0.6) is 0 Å². The minimum atomic E-state index is -1.24. The lowest BCUT2D eigenvalue weighted by atomic mass is 9.84. The summed E-state index contributed by atoms with van der Waals surface area (Å²) in [5, 5.41) is 12.6. The van der Waals surface area contributed by atoms with E-state index >= 15 is 0 Å². The molecule has 1 unspecified atom stereocenters. The van der Waals surface area contributed by atoms with Crippen molar-refractivity contribution in [3.05, 3.63) is 35.9 Å². The van der Waals surface area contributed by atoms with E-state index in [9.17, 15) is 14.7 Å². The van der Waals surface area contributed by atoms with Crippen LogP contribution in [-0.2, 0) is 20.9 Å². The van der Waals surface area contributed by atoms with Gasteiger partial charge >= 0.3 is 5.97 Å². The summed E-state index contributed by atoms with van der Waals surface area (Å²) in [7, 11) is 0. The van der Waals surface area contributed by atoms with Crippen molar-refractivity contribution in [2.24, 2.45) is 11.7 Å². The Hall–Kier alpha value is -1.92. The Labute approximate surface area is 155 Å². The van der Waals surface area contributed by atoms with Crippen molar-refractivity contribution in [2.75, 3.05) is 6.54 Å². The second-order valence-electron chi connectivity index (χ2n) is 7.04. The maximum atomic E-state index is 12.0. The molecule has 2 atom stereocenters. The number of nitrogens with one attached hydrogen (secondary N) is 1. The molecule has 0 spiro atoms. The molecular weight excluding hydrogens is 332 g/mol. The van der Waals surface area contributed by atoms with Crippen LogP contribution in [0.4, 0.5) is 0 Å². The topological polar surface area (TPSA) is 102 Å². The molecule has 6 nitrogen and oxygen atoms in total. The largest absolute Gasteiger partial charge is 0.461 e. The molecule has 0 bridgehead atoms. The Morgan fingerprint density at radius 3 is 2.58 bits per heavy atom. The summed E-state index contributed by atoms with van der Waals surface area (Å²) in [6.07, 6.45) is 5.38. The molecular formula is C20H30N2O4. The summed E-state index contributed by atoms with van der Waals surface area (Å²) < 4.78 is 5.14. The summed E-state index contributed by atoms with van der Waals surface area (Å²) in [5.74, 6) is -0.423. The van der Waals surface area contributed by atoms with Gasteiger partial charge in [-0.1, -0.05) is 62.4 Å². The fourth-order valence-electron chi connectivity index (χ4n) is 3.33. The highest BCUT2D eigenvalue weighted by molar-refractivity contribution is 5.81. The van der Waals surface area contributed by atoms with E-state index in [1.54, 1.807) is 0 Å². The van der Waals surface area contributed by atoms with Crippen molar-refractivity contribution >= 4 is 11.9 Å². The number of esters is 1. The van der Waals surface area contributed by atoms with Crippen LogP contribution in [0.1, 0.15) is 50.5 Å². The maximum absolute atomic E-state index is 12.0. The highest BCUT2D eigenvalue weighted by atomic mass is 16.5. The third kappa shape index (κ3) is 7.14. The summed E-state index contributed by atoms with van der Waals surface area (Å²) in [4.78, 5) is 23.7. The molecule has 1 aliphatic rings. The quantitative estimate of drug-likeness (QED) is 0.582. The maximum Gasteiger partial charge on any atom is 0.307 e. The molecule has 1 saturated carbocycles. The molecule has 1 fully saturated rings. The molecule has 144 valence electrons. The van der Waals surface area contributed by atoms with Gasteiger partial charge in [0.1, 0.15) is 12.7 Å². The van der Waals surface area contributed by atoms with Crippen molar-refractivity contribution in [1.82, 2.24) is 5.32 Å². The monoisotopic (exact) mass is 362 g/mol. The highest BCUT2D eigenvalue weighted by Crippen LogP contribution is 2.27. The predicted molar refractivity (Wildman–Crippen MR) is 99.0 cm³/mol. The van der Waals surface area contributed by atoms with Gasteiger partial charge in [0.15, 0.2) is 0 Å². The van der Waals surface area contributed by atoms with Crippen LogP contribution >= 0.6 is 0 Å². The first kappa shape index (κ1) is 20.4. The Morgan fingerprint density at radius 1 is 1.19 bits per heavy atom. The minimum absolute atomic E-state index is 0.0587. The Morgan fingerprint density at radius 2 is 1.88 bits per heavy atom. The molecule has 1 aromatic rings. The number of aliphatic hydroxyl groups is 1. The fraction of sp³-hybridized carbons (Fsp3) is 0.600. The molecule has 6 heteroatoms. The van der Waals surface area contributed by atoms with Gasteiger partial charge in [0.05, 0.1) is 6.42 Å². The smallest absolute Gasteiger partial charge is 0.307 e. The second-order valence-corrected chi connectivity index (χ2v) is 7.04. The summed E-state index contributed by atoms with van der Waals surface area (Å²) >= 11 is 0. The first-order valence-corrected chi connectivity index (χ1v) is 9.47. The van der Waals surface area contributed by atoms with Gasteiger partial charge in [-0.25, -0.2) is 0 Å². The van der Waals surface area contributed by atoms with Crippen LogP contribution < -0.4 is 11.1 Å². The number of carbonyl (C=O) groups excluding carboxylic acids is 2. The van der Waals surface area contributed by atoms with Crippen LogP contribution in [0, 0.1) is 5.92 Å². The SMILES string of the molecule is N[C@H](CC1CCCCC1)C(O)C(=O)NCCC(=O)OCc1ccccc1. The Bertz CT molecular complexity index is 558. The second kappa shape index (κ2) is 10.9. The van der Waals surface area contributed by atoms with Gasteiger partial charge in [0.2, 0.25) is 5.91 Å². The van der Waals surface area contributed by atoms with Gasteiger partial charge in [0, 0.05) is 12.6 Å². The minimum Gasteiger partial charge on any atom is -0.461 e. The van der Waals surface area contributed by atoms with Crippen LogP contribution in [0.15, 0.2) is 30.3 Å². The number of hydrogen-bond acceptors (Lipinski definition) is 5. The number of ether oxygens (including phenoxy) is 1. The number of carbonyl (C=O) groups is 2. The Balaban J connectivity index is 1.61. The molecule has 0 aromatic heterocycles. The lowest BCUT2D eigenvalue weighted by molar-refractivity contribution is -0.145. The lowest BCUT2D eigenvalue weighted by Gasteiger charge is -2.26. The van der Waals surface area contributed by atoms with Crippen molar-refractivity contribution in [2.45, 2.75) is 63.7 Å². The highest BCUT2D eigenvalue weighted by Gasteiger charge is 2.26. The molecule has 2 rings (SSSR count). The zero-order chi connectivity index (χ0) is 18.8. The molecule has 0 aliphatic heterocycles. The average Bonchev–Trinajstić information content (AvgIpc) is 2.67. The number of benzene rings is 1. The van der Waals surface area contributed by atoms with E-state index in [1.807, 2.05) is 30.3 Å². The first-order valence-electron chi connectivity index (χ1n) is 9.47. The number of amides is 1. The van der Waals surface area contributed by atoms with Gasteiger partial charge in [-0.15, -0.1) is 0 Å². The Kier molecular flexibility index (Phi) is 8.58. The fourth-order valence-corrected chi connectivity index (χ4v) is 3.33. The third-order valence-electron chi connectivity index (χ3n) is 4.88.